The minimum atomic E-state index is 0.0653. The van der Waals surface area contributed by atoms with E-state index in [1.54, 1.807) is 13.0 Å². The molecule has 0 amide bonds. The highest BCUT2D eigenvalue weighted by molar-refractivity contribution is 5.79. The molecule has 11 heavy (non-hydrogen) atoms. The molecule has 3 atom stereocenters. The van der Waals surface area contributed by atoms with Gasteiger partial charge < -0.3 is 4.74 Å². The van der Waals surface area contributed by atoms with Crippen molar-refractivity contribution in [2.24, 2.45) is 5.92 Å². The van der Waals surface area contributed by atoms with E-state index < -0.39 is 0 Å². The molecular weight excluding hydrogens is 140 g/mol. The molecule has 0 radical (unpaired) electrons. The highest BCUT2D eigenvalue weighted by atomic mass is 16.5. The van der Waals surface area contributed by atoms with E-state index in [1.807, 2.05) is 6.92 Å². The van der Waals surface area contributed by atoms with Crippen molar-refractivity contribution in [1.29, 1.82) is 0 Å². The van der Waals surface area contributed by atoms with Gasteiger partial charge in [0.2, 0.25) is 0 Å². The molecule has 1 saturated heterocycles. The molecule has 0 saturated carbocycles. The molecular formula is C9H14O2. The summed E-state index contributed by atoms with van der Waals surface area (Å²) >= 11 is 0. The lowest BCUT2D eigenvalue weighted by molar-refractivity contribution is -0.122. The van der Waals surface area contributed by atoms with Crippen LogP contribution in [0.5, 0.6) is 0 Å². The van der Waals surface area contributed by atoms with E-state index in [0.29, 0.717) is 0 Å². The van der Waals surface area contributed by atoms with Crippen LogP contribution in [0.2, 0.25) is 0 Å². The van der Waals surface area contributed by atoms with Crippen molar-refractivity contribution in [3.63, 3.8) is 0 Å². The van der Waals surface area contributed by atoms with Crippen LogP contribution >= 0.6 is 0 Å². The Morgan fingerprint density at radius 1 is 1.73 bits per heavy atom. The van der Waals surface area contributed by atoms with Gasteiger partial charge in [0.15, 0.2) is 0 Å². The Morgan fingerprint density at radius 3 is 2.64 bits per heavy atom. The summed E-state index contributed by atoms with van der Waals surface area (Å²) in [5.41, 5.74) is 0. The van der Waals surface area contributed by atoms with Gasteiger partial charge in [0.05, 0.1) is 12.2 Å². The number of rotatable bonds is 2. The summed E-state index contributed by atoms with van der Waals surface area (Å²) in [4.78, 5) is 11.0. The molecule has 1 rings (SSSR count). The van der Waals surface area contributed by atoms with Crippen molar-refractivity contribution >= 4 is 5.78 Å². The van der Waals surface area contributed by atoms with E-state index in [2.05, 4.69) is 6.58 Å². The van der Waals surface area contributed by atoms with Gasteiger partial charge in [-0.15, -0.1) is 6.58 Å². The molecule has 3 unspecified atom stereocenters. The fourth-order valence-electron chi connectivity index (χ4n) is 1.52. The summed E-state index contributed by atoms with van der Waals surface area (Å²) in [6.07, 6.45) is 2.72. The average molecular weight is 154 g/mol. The number of ketones is 1. The van der Waals surface area contributed by atoms with Gasteiger partial charge in [0.25, 0.3) is 0 Å². The summed E-state index contributed by atoms with van der Waals surface area (Å²) in [6.45, 7) is 7.20. The third-order valence-corrected chi connectivity index (χ3v) is 2.23. The summed E-state index contributed by atoms with van der Waals surface area (Å²) in [7, 11) is 0. The molecule has 0 aromatic rings. The maximum absolute atomic E-state index is 11.0. The zero-order chi connectivity index (χ0) is 8.43. The molecule has 0 bridgehead atoms. The Morgan fingerprint density at radius 2 is 2.36 bits per heavy atom. The molecule has 1 aliphatic heterocycles. The van der Waals surface area contributed by atoms with Gasteiger partial charge in [-0.3, -0.25) is 4.79 Å². The summed E-state index contributed by atoms with van der Waals surface area (Å²) in [5, 5.41) is 0. The number of hydrogen-bond donors (Lipinski definition) is 0. The second-order valence-corrected chi connectivity index (χ2v) is 3.07. The number of carbonyl (C=O) groups excluding carboxylic acids is 1. The smallest absolute Gasteiger partial charge is 0.135 e. The predicted octanol–water partition coefficient (Wildman–Crippen LogP) is 1.55. The second-order valence-electron chi connectivity index (χ2n) is 3.07. The Balaban J connectivity index is 2.58. The SMILES string of the molecule is C=CC1CC(C(C)=O)C(C)O1. The zero-order valence-electron chi connectivity index (χ0n) is 7.04. The molecule has 0 spiro atoms. The van der Waals surface area contributed by atoms with E-state index in [4.69, 9.17) is 4.74 Å². The molecule has 0 aromatic carbocycles. The largest absolute Gasteiger partial charge is 0.370 e. The fourth-order valence-corrected chi connectivity index (χ4v) is 1.52. The van der Waals surface area contributed by atoms with Gasteiger partial charge in [0, 0.05) is 5.92 Å². The van der Waals surface area contributed by atoms with Crippen molar-refractivity contribution in [2.45, 2.75) is 32.5 Å². The van der Waals surface area contributed by atoms with Gasteiger partial charge in [-0.25, -0.2) is 0 Å². The van der Waals surface area contributed by atoms with E-state index in [9.17, 15) is 4.79 Å². The molecule has 1 aliphatic rings. The second kappa shape index (κ2) is 3.18. The zero-order valence-corrected chi connectivity index (χ0v) is 7.04. The maximum Gasteiger partial charge on any atom is 0.135 e. The first-order chi connectivity index (χ1) is 5.15. The van der Waals surface area contributed by atoms with Crippen molar-refractivity contribution < 1.29 is 9.53 Å². The first-order valence-electron chi connectivity index (χ1n) is 3.93. The van der Waals surface area contributed by atoms with Crippen LogP contribution in [0.25, 0.3) is 0 Å². The van der Waals surface area contributed by atoms with Crippen LogP contribution in [0.4, 0.5) is 0 Å². The summed E-state index contributed by atoms with van der Waals surface area (Å²) < 4.78 is 5.45. The van der Waals surface area contributed by atoms with Crippen LogP contribution < -0.4 is 0 Å². The lowest BCUT2D eigenvalue weighted by atomic mass is 9.96. The minimum Gasteiger partial charge on any atom is -0.370 e. The molecule has 1 fully saturated rings. The average Bonchev–Trinajstić information content (AvgIpc) is 2.30. The first kappa shape index (κ1) is 8.47. The third-order valence-electron chi connectivity index (χ3n) is 2.23. The Labute approximate surface area is 67.2 Å². The van der Waals surface area contributed by atoms with Gasteiger partial charge in [0.1, 0.15) is 5.78 Å². The van der Waals surface area contributed by atoms with Crippen LogP contribution in [0.1, 0.15) is 20.3 Å². The molecule has 2 heteroatoms. The maximum atomic E-state index is 11.0. The van der Waals surface area contributed by atoms with E-state index in [0.717, 1.165) is 6.42 Å². The number of Topliss-reactive ketones (excluding diaryl/α,β-unsaturated/α-hetero) is 1. The molecule has 62 valence electrons. The monoisotopic (exact) mass is 154 g/mol. The Kier molecular flexibility index (Phi) is 2.45. The molecule has 0 aliphatic carbocycles. The van der Waals surface area contributed by atoms with Crippen LogP contribution in [-0.4, -0.2) is 18.0 Å². The molecule has 0 N–H and O–H groups in total. The lowest BCUT2D eigenvalue weighted by Crippen LogP contribution is -2.18. The minimum absolute atomic E-state index is 0.0653. The quantitative estimate of drug-likeness (QED) is 0.564. The fraction of sp³-hybridized carbons (Fsp3) is 0.667. The van der Waals surface area contributed by atoms with Gasteiger partial charge in [-0.1, -0.05) is 6.08 Å². The van der Waals surface area contributed by atoms with Crippen molar-refractivity contribution in [3.8, 4) is 0 Å². The topological polar surface area (TPSA) is 26.3 Å². The Bertz CT molecular complexity index is 174. The van der Waals surface area contributed by atoms with Gasteiger partial charge >= 0.3 is 0 Å². The van der Waals surface area contributed by atoms with E-state index in [-0.39, 0.29) is 23.9 Å². The Hall–Kier alpha value is -0.630. The van der Waals surface area contributed by atoms with Gasteiger partial charge in [-0.05, 0) is 20.3 Å². The molecule has 1 heterocycles. The third kappa shape index (κ3) is 1.69. The van der Waals surface area contributed by atoms with Gasteiger partial charge in [-0.2, -0.15) is 0 Å². The van der Waals surface area contributed by atoms with Crippen LogP contribution in [0.3, 0.4) is 0 Å². The van der Waals surface area contributed by atoms with E-state index in [1.165, 1.54) is 0 Å². The first-order valence-corrected chi connectivity index (χ1v) is 3.93. The van der Waals surface area contributed by atoms with Crippen molar-refractivity contribution in [1.82, 2.24) is 0 Å². The van der Waals surface area contributed by atoms with Crippen LogP contribution in [-0.2, 0) is 9.53 Å². The number of carbonyl (C=O) groups is 1. The summed E-state index contributed by atoms with van der Waals surface area (Å²) in [5.74, 6) is 0.305. The number of hydrogen-bond acceptors (Lipinski definition) is 2. The highest BCUT2D eigenvalue weighted by Crippen LogP contribution is 2.27. The van der Waals surface area contributed by atoms with Crippen molar-refractivity contribution in [3.05, 3.63) is 12.7 Å². The molecule has 2 nitrogen and oxygen atoms in total. The van der Waals surface area contributed by atoms with Crippen LogP contribution in [0.15, 0.2) is 12.7 Å². The lowest BCUT2D eigenvalue weighted by Gasteiger charge is -2.08. The predicted molar refractivity (Wildman–Crippen MR) is 43.3 cm³/mol. The summed E-state index contributed by atoms with van der Waals surface area (Å²) in [6, 6.07) is 0. The highest BCUT2D eigenvalue weighted by Gasteiger charge is 2.33. The normalized spacial score (nSPS) is 37.1. The standard InChI is InChI=1S/C9H14O2/c1-4-8-5-9(6(2)10)7(3)11-8/h4,7-9H,1,5H2,2-3H3. The van der Waals surface area contributed by atoms with Crippen molar-refractivity contribution in [2.75, 3.05) is 0 Å². The van der Waals surface area contributed by atoms with E-state index >= 15 is 0 Å². The van der Waals surface area contributed by atoms with Crippen LogP contribution in [0, 0.1) is 5.92 Å². The number of ether oxygens (including phenoxy) is 1. The molecule has 0 aromatic heterocycles.